The molecule has 2 N–H and O–H groups in total. The molecule has 0 spiro atoms. The summed E-state index contributed by atoms with van der Waals surface area (Å²) in [5.41, 5.74) is 8.04. The van der Waals surface area contributed by atoms with Gasteiger partial charge in [0.25, 0.3) is 5.91 Å². The Morgan fingerprint density at radius 1 is 1.23 bits per heavy atom. The highest BCUT2D eigenvalue weighted by atomic mass is 32.1. The minimum absolute atomic E-state index is 0.00786. The fraction of sp³-hybridized carbons (Fsp3) is 0.421. The number of thiazole rings is 1. The van der Waals surface area contributed by atoms with E-state index in [0.717, 1.165) is 0 Å². The molecule has 7 heteroatoms. The number of fused-ring (bicyclic) bond motifs is 1. The molecule has 0 aliphatic carbocycles. The molecular formula is C19H22N4O2S. The molecule has 2 saturated heterocycles. The van der Waals surface area contributed by atoms with Crippen molar-refractivity contribution >= 4 is 28.3 Å². The molecule has 0 radical (unpaired) electrons. The molecule has 4 rings (SSSR count). The highest BCUT2D eigenvalue weighted by molar-refractivity contribution is 7.17. The molecular weight excluding hydrogens is 348 g/mol. The van der Waals surface area contributed by atoms with Crippen molar-refractivity contribution in [3.05, 3.63) is 46.5 Å². The zero-order chi connectivity index (χ0) is 18.4. The number of rotatable bonds is 2. The molecule has 2 aliphatic heterocycles. The molecule has 0 saturated carbocycles. The topological polar surface area (TPSA) is 79.5 Å². The largest absolute Gasteiger partial charge is 0.375 e. The highest BCUT2D eigenvalue weighted by Crippen LogP contribution is 2.46. The minimum atomic E-state index is -0.00786. The second kappa shape index (κ2) is 6.39. The third-order valence-corrected chi connectivity index (χ3v) is 6.41. The Kier molecular flexibility index (Phi) is 4.19. The quantitative estimate of drug-likeness (QED) is 0.880. The Balaban J connectivity index is 1.62. The molecule has 3 heterocycles. The fourth-order valence-corrected chi connectivity index (χ4v) is 5.05. The van der Waals surface area contributed by atoms with Crippen LogP contribution in [0.5, 0.6) is 0 Å². The second-order valence-electron chi connectivity index (χ2n) is 7.17. The Morgan fingerprint density at radius 2 is 2.00 bits per heavy atom. The van der Waals surface area contributed by atoms with Gasteiger partial charge in [-0.15, -0.1) is 0 Å². The van der Waals surface area contributed by atoms with E-state index in [4.69, 9.17) is 5.73 Å². The first-order valence-corrected chi connectivity index (χ1v) is 9.60. The number of hydrogen-bond donors (Lipinski definition) is 1. The first-order valence-electron chi connectivity index (χ1n) is 8.79. The predicted molar refractivity (Wildman–Crippen MR) is 101 cm³/mol. The Bertz CT molecular complexity index is 865. The lowest BCUT2D eigenvalue weighted by atomic mass is 9.87. The van der Waals surface area contributed by atoms with Crippen LogP contribution in [0.25, 0.3) is 0 Å². The monoisotopic (exact) mass is 370 g/mol. The lowest BCUT2D eigenvalue weighted by Crippen LogP contribution is -2.36. The van der Waals surface area contributed by atoms with E-state index in [1.165, 1.54) is 22.5 Å². The highest BCUT2D eigenvalue weighted by Gasteiger charge is 2.49. The summed E-state index contributed by atoms with van der Waals surface area (Å²) in [7, 11) is 0. The molecule has 6 nitrogen and oxygen atoms in total. The van der Waals surface area contributed by atoms with Gasteiger partial charge in [0, 0.05) is 38.4 Å². The van der Waals surface area contributed by atoms with Crippen LogP contribution in [-0.4, -0.2) is 46.2 Å². The van der Waals surface area contributed by atoms with E-state index >= 15 is 0 Å². The Labute approximate surface area is 156 Å². The Hall–Kier alpha value is -2.41. The SMILES string of the molecule is CC(=O)N1C[C@H]2CN(C(=O)c3cnc(N)s3)C[C@H]2[C@H]1c1ccccc1C. The molecule has 1 aromatic carbocycles. The fourth-order valence-electron chi connectivity index (χ4n) is 4.39. The number of benzene rings is 1. The van der Waals surface area contributed by atoms with Gasteiger partial charge in [-0.05, 0) is 18.1 Å². The summed E-state index contributed by atoms with van der Waals surface area (Å²) in [6, 6.07) is 8.25. The number of carbonyl (C=O) groups excluding carboxylic acids is 2. The van der Waals surface area contributed by atoms with Crippen molar-refractivity contribution in [1.82, 2.24) is 14.8 Å². The first-order chi connectivity index (χ1) is 12.5. The number of nitrogens with two attached hydrogens (primary N) is 1. The van der Waals surface area contributed by atoms with Crippen LogP contribution >= 0.6 is 11.3 Å². The van der Waals surface area contributed by atoms with Crippen molar-refractivity contribution in [2.24, 2.45) is 11.8 Å². The van der Waals surface area contributed by atoms with E-state index in [1.807, 2.05) is 21.9 Å². The van der Waals surface area contributed by atoms with E-state index in [0.29, 0.717) is 35.6 Å². The standard InChI is InChI=1S/C19H22N4O2S/c1-11-5-3-4-6-14(11)17-15-10-22(8-13(15)9-23(17)12(2)24)18(25)16-7-21-19(20)26-16/h3-7,13,15,17H,8-10H2,1-2H3,(H2,20,21)/t13-,15-,17-/m1/s1. The van der Waals surface area contributed by atoms with Crippen molar-refractivity contribution < 1.29 is 9.59 Å². The van der Waals surface area contributed by atoms with Gasteiger partial charge < -0.3 is 15.5 Å². The molecule has 1 aromatic heterocycles. The number of carbonyl (C=O) groups is 2. The van der Waals surface area contributed by atoms with Crippen LogP contribution < -0.4 is 5.73 Å². The van der Waals surface area contributed by atoms with Gasteiger partial charge in [0.1, 0.15) is 4.88 Å². The summed E-state index contributed by atoms with van der Waals surface area (Å²) in [4.78, 5) is 33.5. The number of aryl methyl sites for hydroxylation is 1. The molecule has 136 valence electrons. The third kappa shape index (κ3) is 2.76. The summed E-state index contributed by atoms with van der Waals surface area (Å²) in [6.45, 7) is 5.75. The van der Waals surface area contributed by atoms with Crippen molar-refractivity contribution in [3.63, 3.8) is 0 Å². The maximum atomic E-state index is 12.8. The summed E-state index contributed by atoms with van der Waals surface area (Å²) in [5, 5.41) is 0.410. The zero-order valence-corrected chi connectivity index (χ0v) is 15.7. The van der Waals surface area contributed by atoms with Crippen LogP contribution in [0.2, 0.25) is 0 Å². The minimum Gasteiger partial charge on any atom is -0.375 e. The van der Waals surface area contributed by atoms with Crippen LogP contribution in [0.15, 0.2) is 30.5 Å². The predicted octanol–water partition coefficient (Wildman–Crippen LogP) is 2.33. The van der Waals surface area contributed by atoms with E-state index in [2.05, 4.69) is 24.0 Å². The van der Waals surface area contributed by atoms with Gasteiger partial charge in [-0.25, -0.2) is 4.98 Å². The molecule has 2 fully saturated rings. The Morgan fingerprint density at radius 3 is 2.65 bits per heavy atom. The van der Waals surface area contributed by atoms with Crippen molar-refractivity contribution in [2.45, 2.75) is 19.9 Å². The molecule has 0 unspecified atom stereocenters. The number of anilines is 1. The van der Waals surface area contributed by atoms with E-state index < -0.39 is 0 Å². The number of hydrogen-bond acceptors (Lipinski definition) is 5. The van der Waals surface area contributed by atoms with Crippen LogP contribution in [0.4, 0.5) is 5.13 Å². The van der Waals surface area contributed by atoms with Gasteiger partial charge in [-0.2, -0.15) is 0 Å². The smallest absolute Gasteiger partial charge is 0.265 e. The van der Waals surface area contributed by atoms with Gasteiger partial charge in [0.05, 0.1) is 12.2 Å². The van der Waals surface area contributed by atoms with E-state index in [1.54, 1.807) is 13.1 Å². The molecule has 2 amide bonds. The molecule has 2 aromatic rings. The van der Waals surface area contributed by atoms with E-state index in [-0.39, 0.29) is 23.8 Å². The van der Waals surface area contributed by atoms with Crippen LogP contribution in [0, 0.1) is 18.8 Å². The van der Waals surface area contributed by atoms with Gasteiger partial charge in [-0.1, -0.05) is 35.6 Å². The summed E-state index contributed by atoms with van der Waals surface area (Å²) >= 11 is 1.23. The maximum absolute atomic E-state index is 12.8. The molecule has 2 aliphatic rings. The molecule has 26 heavy (non-hydrogen) atoms. The number of aromatic nitrogens is 1. The number of amides is 2. The van der Waals surface area contributed by atoms with Crippen molar-refractivity contribution in [2.75, 3.05) is 25.4 Å². The first kappa shape index (κ1) is 17.0. The average Bonchev–Trinajstić information content (AvgIpc) is 3.28. The van der Waals surface area contributed by atoms with Gasteiger partial charge in [-0.3, -0.25) is 9.59 Å². The molecule has 0 bridgehead atoms. The zero-order valence-electron chi connectivity index (χ0n) is 14.9. The lowest BCUT2D eigenvalue weighted by Gasteiger charge is -2.30. The van der Waals surface area contributed by atoms with Gasteiger partial charge in [0.15, 0.2) is 5.13 Å². The van der Waals surface area contributed by atoms with Crippen molar-refractivity contribution in [3.8, 4) is 0 Å². The van der Waals surface area contributed by atoms with Crippen LogP contribution in [0.3, 0.4) is 0 Å². The summed E-state index contributed by atoms with van der Waals surface area (Å²) < 4.78 is 0. The summed E-state index contributed by atoms with van der Waals surface area (Å²) in [6.07, 6.45) is 1.55. The van der Waals surface area contributed by atoms with Gasteiger partial charge >= 0.3 is 0 Å². The summed E-state index contributed by atoms with van der Waals surface area (Å²) in [5.74, 6) is 0.652. The normalized spacial score (nSPS) is 24.8. The van der Waals surface area contributed by atoms with Crippen LogP contribution in [0.1, 0.15) is 33.8 Å². The average molecular weight is 370 g/mol. The maximum Gasteiger partial charge on any atom is 0.265 e. The van der Waals surface area contributed by atoms with Crippen molar-refractivity contribution in [1.29, 1.82) is 0 Å². The second-order valence-corrected chi connectivity index (χ2v) is 8.23. The number of likely N-dealkylation sites (tertiary alicyclic amines) is 2. The van der Waals surface area contributed by atoms with Gasteiger partial charge in [0.2, 0.25) is 5.91 Å². The lowest BCUT2D eigenvalue weighted by molar-refractivity contribution is -0.130. The van der Waals surface area contributed by atoms with Crippen LogP contribution in [-0.2, 0) is 4.79 Å². The number of nitrogen functional groups attached to an aromatic ring is 1. The number of nitrogens with zero attached hydrogens (tertiary/aromatic N) is 3. The van der Waals surface area contributed by atoms with E-state index in [9.17, 15) is 9.59 Å². The third-order valence-electron chi connectivity index (χ3n) is 5.60. The molecule has 3 atom stereocenters.